The molecule has 1 N–H and O–H groups in total. The van der Waals surface area contributed by atoms with E-state index in [1.165, 1.54) is 0 Å². The number of aromatic nitrogens is 1. The van der Waals surface area contributed by atoms with Crippen molar-refractivity contribution in [2.75, 3.05) is 47.4 Å². The maximum absolute atomic E-state index is 13.1. The molecule has 1 aromatic carbocycles. The highest BCUT2D eigenvalue weighted by Crippen LogP contribution is 2.29. The number of likely N-dealkylation sites (N-methyl/N-ethyl adjacent to an activating group) is 1. The molecule has 1 aliphatic rings. The summed E-state index contributed by atoms with van der Waals surface area (Å²) in [4.78, 5) is 14.6. The van der Waals surface area contributed by atoms with Crippen LogP contribution in [0, 0.1) is 5.41 Å². The SMILES string of the molecule is COc1ccc2c(c1)c(CCN(C)C)cn2S(=O)(=O)OCC(C)(C)C(=O)OC1CCNC1. The monoisotopic (exact) mass is 467 g/mol. The van der Waals surface area contributed by atoms with E-state index in [4.69, 9.17) is 13.7 Å². The van der Waals surface area contributed by atoms with E-state index >= 15 is 0 Å². The number of benzene rings is 1. The van der Waals surface area contributed by atoms with Crippen molar-refractivity contribution in [2.45, 2.75) is 32.8 Å². The van der Waals surface area contributed by atoms with E-state index in [1.807, 2.05) is 25.1 Å². The number of hydrogen-bond donors (Lipinski definition) is 1. The summed E-state index contributed by atoms with van der Waals surface area (Å²) < 4.78 is 43.5. The molecule has 1 saturated heterocycles. The Hall–Kier alpha value is -2.14. The predicted molar refractivity (Wildman–Crippen MR) is 122 cm³/mol. The van der Waals surface area contributed by atoms with Gasteiger partial charge in [-0.05, 0) is 71.1 Å². The highest BCUT2D eigenvalue weighted by molar-refractivity contribution is 7.85. The number of methoxy groups -OCH3 is 1. The molecule has 0 radical (unpaired) electrons. The second-order valence-electron chi connectivity index (χ2n) is 9.01. The first-order chi connectivity index (χ1) is 15.0. The minimum Gasteiger partial charge on any atom is -0.497 e. The van der Waals surface area contributed by atoms with Gasteiger partial charge in [0.05, 0.1) is 24.6 Å². The first-order valence-electron chi connectivity index (χ1n) is 10.7. The molecule has 0 spiro atoms. The first kappa shape index (κ1) is 24.5. The molecule has 0 amide bonds. The van der Waals surface area contributed by atoms with Crippen molar-refractivity contribution >= 4 is 27.2 Å². The van der Waals surface area contributed by atoms with Gasteiger partial charge in [-0.1, -0.05) is 0 Å². The van der Waals surface area contributed by atoms with Gasteiger partial charge in [0.2, 0.25) is 0 Å². The Balaban J connectivity index is 1.82. The van der Waals surface area contributed by atoms with Crippen molar-refractivity contribution in [3.63, 3.8) is 0 Å². The molecular weight excluding hydrogens is 434 g/mol. The average Bonchev–Trinajstić information content (AvgIpc) is 3.38. The summed E-state index contributed by atoms with van der Waals surface area (Å²) in [6.45, 7) is 5.08. The summed E-state index contributed by atoms with van der Waals surface area (Å²) in [5.41, 5.74) is 0.249. The quantitative estimate of drug-likeness (QED) is 0.528. The van der Waals surface area contributed by atoms with Crippen molar-refractivity contribution in [3.05, 3.63) is 30.0 Å². The van der Waals surface area contributed by atoms with Gasteiger partial charge in [-0.15, -0.1) is 0 Å². The van der Waals surface area contributed by atoms with Crippen molar-refractivity contribution < 1.29 is 26.9 Å². The number of carbonyl (C=O) groups excluding carboxylic acids is 1. The Kier molecular flexibility index (Phi) is 7.49. The van der Waals surface area contributed by atoms with Crippen LogP contribution in [0.25, 0.3) is 10.9 Å². The van der Waals surface area contributed by atoms with Crippen LogP contribution < -0.4 is 10.1 Å². The zero-order chi connectivity index (χ0) is 23.5. The second-order valence-corrected chi connectivity index (χ2v) is 10.5. The maximum Gasteiger partial charge on any atom is 0.366 e. The molecule has 2 heterocycles. The molecule has 3 rings (SSSR count). The van der Waals surface area contributed by atoms with Gasteiger partial charge < -0.3 is 19.7 Å². The Morgan fingerprint density at radius 2 is 2.06 bits per heavy atom. The Morgan fingerprint density at radius 3 is 2.69 bits per heavy atom. The number of fused-ring (bicyclic) bond motifs is 1. The number of esters is 1. The van der Waals surface area contributed by atoms with Crippen LogP contribution in [0.3, 0.4) is 0 Å². The van der Waals surface area contributed by atoms with Crippen LogP contribution in [0.1, 0.15) is 25.8 Å². The van der Waals surface area contributed by atoms with Crippen LogP contribution in [0.5, 0.6) is 5.75 Å². The van der Waals surface area contributed by atoms with Gasteiger partial charge in [0.1, 0.15) is 11.9 Å². The van der Waals surface area contributed by atoms with Gasteiger partial charge >= 0.3 is 16.3 Å². The Labute approximate surface area is 189 Å². The summed E-state index contributed by atoms with van der Waals surface area (Å²) in [5.74, 6) is 0.167. The minimum atomic E-state index is -4.18. The normalized spacial score (nSPS) is 17.2. The fourth-order valence-electron chi connectivity index (χ4n) is 3.48. The van der Waals surface area contributed by atoms with Crippen LogP contribution in [0.4, 0.5) is 0 Å². The molecular formula is C22H33N3O6S. The van der Waals surface area contributed by atoms with Gasteiger partial charge in [-0.3, -0.25) is 8.98 Å². The molecule has 32 heavy (non-hydrogen) atoms. The topological polar surface area (TPSA) is 99.1 Å². The van der Waals surface area contributed by atoms with Gasteiger partial charge in [-0.2, -0.15) is 8.42 Å². The largest absolute Gasteiger partial charge is 0.497 e. The zero-order valence-corrected chi connectivity index (χ0v) is 20.2. The van der Waals surface area contributed by atoms with Gasteiger partial charge in [0, 0.05) is 24.7 Å². The number of nitrogens with zero attached hydrogens (tertiary/aromatic N) is 2. The molecule has 0 aliphatic carbocycles. The fraction of sp³-hybridized carbons (Fsp3) is 0.591. The predicted octanol–water partition coefficient (Wildman–Crippen LogP) is 1.79. The molecule has 10 heteroatoms. The molecule has 2 aromatic rings. The van der Waals surface area contributed by atoms with Crippen molar-refractivity contribution in [3.8, 4) is 5.75 Å². The lowest BCUT2D eigenvalue weighted by Crippen LogP contribution is -2.36. The summed E-state index contributed by atoms with van der Waals surface area (Å²) >= 11 is 0. The maximum atomic E-state index is 13.1. The zero-order valence-electron chi connectivity index (χ0n) is 19.4. The van der Waals surface area contributed by atoms with Gasteiger partial charge in [-0.25, -0.2) is 3.97 Å². The molecule has 0 bridgehead atoms. The molecule has 1 aromatic heterocycles. The Morgan fingerprint density at radius 1 is 1.31 bits per heavy atom. The van der Waals surface area contributed by atoms with Crippen LogP contribution in [-0.4, -0.2) is 76.8 Å². The van der Waals surface area contributed by atoms with E-state index in [-0.39, 0.29) is 12.7 Å². The van der Waals surface area contributed by atoms with Crippen molar-refractivity contribution in [1.29, 1.82) is 0 Å². The molecule has 1 fully saturated rings. The summed E-state index contributed by atoms with van der Waals surface area (Å²) in [7, 11) is 1.32. The summed E-state index contributed by atoms with van der Waals surface area (Å²) in [6.07, 6.45) is 2.79. The lowest BCUT2D eigenvalue weighted by Gasteiger charge is -2.24. The molecule has 178 valence electrons. The minimum absolute atomic E-state index is 0.194. The highest BCUT2D eigenvalue weighted by atomic mass is 32.2. The number of carbonyl (C=O) groups is 1. The van der Waals surface area contributed by atoms with Gasteiger partial charge in [0.15, 0.2) is 0 Å². The number of nitrogens with one attached hydrogen (secondary N) is 1. The van der Waals surface area contributed by atoms with E-state index in [9.17, 15) is 13.2 Å². The molecule has 0 saturated carbocycles. The number of hydrogen-bond acceptors (Lipinski definition) is 8. The molecule has 1 atom stereocenters. The smallest absolute Gasteiger partial charge is 0.366 e. The van der Waals surface area contributed by atoms with Crippen LogP contribution in [0.15, 0.2) is 24.4 Å². The highest BCUT2D eigenvalue weighted by Gasteiger charge is 2.35. The standard InChI is InChI=1S/C22H33N3O6S/c1-22(2,21(26)31-18-8-10-23-13-18)15-30-32(27,28)25-14-16(9-11-24(3)4)19-12-17(29-5)6-7-20(19)25/h6-7,12,14,18,23H,8-11,13,15H2,1-5H3. The fourth-order valence-corrected chi connectivity index (χ4v) is 4.69. The van der Waals surface area contributed by atoms with Crippen molar-refractivity contribution in [1.82, 2.24) is 14.2 Å². The third-order valence-electron chi connectivity index (χ3n) is 5.54. The molecule has 1 aliphatic heterocycles. The van der Waals surface area contributed by atoms with E-state index in [0.717, 1.165) is 34.4 Å². The first-order valence-corrected chi connectivity index (χ1v) is 12.0. The third kappa shape index (κ3) is 5.61. The third-order valence-corrected chi connectivity index (χ3v) is 6.74. The Bertz CT molecular complexity index is 1060. The summed E-state index contributed by atoms with van der Waals surface area (Å²) in [5, 5.41) is 3.92. The molecule has 9 nitrogen and oxygen atoms in total. The van der Waals surface area contributed by atoms with Crippen molar-refractivity contribution in [2.24, 2.45) is 5.41 Å². The van der Waals surface area contributed by atoms with E-state index in [0.29, 0.717) is 24.2 Å². The van der Waals surface area contributed by atoms with E-state index < -0.39 is 21.7 Å². The summed E-state index contributed by atoms with van der Waals surface area (Å²) in [6, 6.07) is 5.23. The lowest BCUT2D eigenvalue weighted by molar-refractivity contribution is -0.160. The van der Waals surface area contributed by atoms with E-state index in [1.54, 1.807) is 39.3 Å². The number of ether oxygens (including phenoxy) is 2. The second kappa shape index (κ2) is 9.78. The van der Waals surface area contributed by atoms with Gasteiger partial charge in [0.25, 0.3) is 0 Å². The average molecular weight is 468 g/mol. The van der Waals surface area contributed by atoms with Crippen LogP contribution in [-0.2, 0) is 30.4 Å². The van der Waals surface area contributed by atoms with E-state index in [2.05, 4.69) is 5.32 Å². The van der Waals surface area contributed by atoms with Crippen LogP contribution >= 0.6 is 0 Å². The lowest BCUT2D eigenvalue weighted by atomic mass is 9.95. The molecule has 1 unspecified atom stereocenters. The number of rotatable bonds is 10. The van der Waals surface area contributed by atoms with Crippen LogP contribution in [0.2, 0.25) is 0 Å².